The molecule has 3 N–H and O–H groups in total. The summed E-state index contributed by atoms with van der Waals surface area (Å²) in [5.41, 5.74) is 0.806. The van der Waals surface area contributed by atoms with Crippen molar-refractivity contribution in [3.8, 4) is 0 Å². The third-order valence-electron chi connectivity index (χ3n) is 4.62. The molecule has 0 saturated carbocycles. The molecule has 0 unspecified atom stereocenters. The molecule has 9 heteroatoms. The van der Waals surface area contributed by atoms with E-state index in [4.69, 9.17) is 0 Å². The van der Waals surface area contributed by atoms with Crippen LogP contribution in [0.25, 0.3) is 0 Å². The van der Waals surface area contributed by atoms with E-state index in [9.17, 15) is 18.0 Å². The number of hydrogen-bond donors (Lipinski definition) is 3. The van der Waals surface area contributed by atoms with E-state index >= 15 is 0 Å². The molecular formula is C20H32N4O4S. The Morgan fingerprint density at radius 1 is 1.07 bits per heavy atom. The van der Waals surface area contributed by atoms with E-state index < -0.39 is 15.3 Å². The topological polar surface area (TPSA) is 108 Å². The van der Waals surface area contributed by atoms with Crippen molar-refractivity contribution in [2.75, 3.05) is 18.4 Å². The van der Waals surface area contributed by atoms with Gasteiger partial charge in [-0.15, -0.1) is 0 Å². The van der Waals surface area contributed by atoms with Crippen LogP contribution in [0.5, 0.6) is 0 Å². The largest absolute Gasteiger partial charge is 0.347 e. The molecule has 1 aromatic carbocycles. The van der Waals surface area contributed by atoms with Crippen LogP contribution < -0.4 is 15.4 Å². The molecular weight excluding hydrogens is 392 g/mol. The second-order valence-corrected chi connectivity index (χ2v) is 11.0. The molecule has 0 aliphatic carbocycles. The summed E-state index contributed by atoms with van der Waals surface area (Å²) in [5.74, 6) is -0.165. The van der Waals surface area contributed by atoms with E-state index in [1.807, 2.05) is 20.8 Å². The lowest BCUT2D eigenvalue weighted by molar-refractivity contribution is 0.0919. The third-order valence-corrected chi connectivity index (χ3v) is 6.52. The highest BCUT2D eigenvalue weighted by Gasteiger charge is 2.27. The van der Waals surface area contributed by atoms with Crippen LogP contribution in [0.1, 0.15) is 57.8 Å². The van der Waals surface area contributed by atoms with Gasteiger partial charge in [0.05, 0.1) is 5.25 Å². The van der Waals surface area contributed by atoms with Crippen molar-refractivity contribution >= 4 is 27.6 Å². The monoisotopic (exact) mass is 424 g/mol. The summed E-state index contributed by atoms with van der Waals surface area (Å²) in [7, 11) is -3.31. The van der Waals surface area contributed by atoms with Crippen molar-refractivity contribution in [2.45, 2.75) is 64.3 Å². The molecule has 1 saturated heterocycles. The number of carbonyl (C=O) groups excluding carboxylic acids is 2. The minimum atomic E-state index is -3.31. The molecule has 0 aromatic heterocycles. The number of sulfonamides is 1. The Balaban J connectivity index is 1.86. The van der Waals surface area contributed by atoms with Crippen molar-refractivity contribution in [3.63, 3.8) is 0 Å². The van der Waals surface area contributed by atoms with Crippen molar-refractivity contribution < 1.29 is 18.0 Å². The number of carbonyl (C=O) groups is 2. The number of likely N-dealkylation sites (tertiary alicyclic amines) is 1. The van der Waals surface area contributed by atoms with Gasteiger partial charge in [-0.2, -0.15) is 0 Å². The fourth-order valence-corrected chi connectivity index (χ4v) is 3.86. The van der Waals surface area contributed by atoms with E-state index in [-0.39, 0.29) is 23.5 Å². The molecule has 1 aromatic rings. The lowest BCUT2D eigenvalue weighted by atomic mass is 10.1. The van der Waals surface area contributed by atoms with E-state index in [1.54, 1.807) is 43.0 Å². The highest BCUT2D eigenvalue weighted by atomic mass is 32.2. The molecule has 1 fully saturated rings. The summed E-state index contributed by atoms with van der Waals surface area (Å²) in [4.78, 5) is 26.3. The number of piperidine rings is 1. The summed E-state index contributed by atoms with van der Waals surface area (Å²) in [5, 5.41) is 5.24. The quantitative estimate of drug-likeness (QED) is 0.675. The number of amides is 3. The van der Waals surface area contributed by atoms with Crippen LogP contribution >= 0.6 is 0 Å². The standard InChI is InChI=1S/C20H32N4O4S/c1-14(2)29(27,28)23-17-10-12-24(13-11-17)19(26)21-16-8-6-15(7-9-16)18(25)22-20(3,4)5/h6-9,14,17,23H,10-13H2,1-5H3,(H,21,26)(H,22,25). The SMILES string of the molecule is CC(C)S(=O)(=O)NC1CCN(C(=O)Nc2ccc(C(=O)NC(C)(C)C)cc2)CC1. The van der Waals surface area contributed by atoms with Crippen LogP contribution in [-0.2, 0) is 10.0 Å². The summed E-state index contributed by atoms with van der Waals surface area (Å²) in [6.45, 7) is 9.97. The van der Waals surface area contributed by atoms with Gasteiger partial charge >= 0.3 is 6.03 Å². The van der Waals surface area contributed by atoms with Gasteiger partial charge in [0.2, 0.25) is 10.0 Å². The van der Waals surface area contributed by atoms with Crippen molar-refractivity contribution in [2.24, 2.45) is 0 Å². The molecule has 0 bridgehead atoms. The average molecular weight is 425 g/mol. The Labute approximate surface area is 173 Å². The van der Waals surface area contributed by atoms with Gasteiger partial charge in [0, 0.05) is 35.9 Å². The predicted molar refractivity (Wildman–Crippen MR) is 114 cm³/mol. The van der Waals surface area contributed by atoms with Gasteiger partial charge in [0.15, 0.2) is 0 Å². The molecule has 1 aliphatic heterocycles. The molecule has 29 heavy (non-hydrogen) atoms. The maximum Gasteiger partial charge on any atom is 0.321 e. The molecule has 0 spiro atoms. The van der Waals surface area contributed by atoms with Gasteiger partial charge in [0.25, 0.3) is 5.91 Å². The Bertz CT molecular complexity index is 821. The minimum absolute atomic E-state index is 0.146. The lowest BCUT2D eigenvalue weighted by Crippen LogP contribution is -2.48. The Kier molecular flexibility index (Phi) is 7.29. The highest BCUT2D eigenvalue weighted by Crippen LogP contribution is 2.16. The van der Waals surface area contributed by atoms with Gasteiger partial charge in [-0.25, -0.2) is 17.9 Å². The molecule has 8 nitrogen and oxygen atoms in total. The van der Waals surface area contributed by atoms with Gasteiger partial charge in [-0.3, -0.25) is 4.79 Å². The smallest absolute Gasteiger partial charge is 0.321 e. The molecule has 1 aliphatic rings. The Morgan fingerprint density at radius 2 is 1.62 bits per heavy atom. The van der Waals surface area contributed by atoms with Crippen LogP contribution in [0, 0.1) is 0 Å². The fraction of sp³-hybridized carbons (Fsp3) is 0.600. The van der Waals surface area contributed by atoms with Gasteiger partial charge in [-0.05, 0) is 71.7 Å². The highest BCUT2D eigenvalue weighted by molar-refractivity contribution is 7.90. The van der Waals surface area contributed by atoms with Crippen LogP contribution in [0.4, 0.5) is 10.5 Å². The number of urea groups is 1. The van der Waals surface area contributed by atoms with Crippen LogP contribution in [0.2, 0.25) is 0 Å². The lowest BCUT2D eigenvalue weighted by Gasteiger charge is -2.32. The normalized spacial score (nSPS) is 16.0. The minimum Gasteiger partial charge on any atom is -0.347 e. The summed E-state index contributed by atoms with van der Waals surface area (Å²) in [6.07, 6.45) is 1.15. The first kappa shape index (κ1) is 23.2. The molecule has 2 rings (SSSR count). The van der Waals surface area contributed by atoms with Crippen LogP contribution in [-0.4, -0.2) is 55.2 Å². The van der Waals surface area contributed by atoms with E-state index in [0.29, 0.717) is 37.2 Å². The summed E-state index contributed by atoms with van der Waals surface area (Å²) in [6, 6.07) is 6.35. The van der Waals surface area contributed by atoms with Crippen molar-refractivity contribution in [1.82, 2.24) is 14.9 Å². The Hall–Kier alpha value is -2.13. The maximum absolute atomic E-state index is 12.5. The summed E-state index contributed by atoms with van der Waals surface area (Å²) >= 11 is 0. The van der Waals surface area contributed by atoms with E-state index in [0.717, 1.165) is 0 Å². The van der Waals surface area contributed by atoms with Gasteiger partial charge in [0.1, 0.15) is 0 Å². The summed E-state index contributed by atoms with van der Waals surface area (Å²) < 4.78 is 26.7. The average Bonchev–Trinajstić information content (AvgIpc) is 2.61. The number of hydrogen-bond acceptors (Lipinski definition) is 4. The molecule has 3 amide bonds. The number of nitrogens with zero attached hydrogens (tertiary/aromatic N) is 1. The van der Waals surface area contributed by atoms with Gasteiger partial charge in [-0.1, -0.05) is 0 Å². The number of anilines is 1. The van der Waals surface area contributed by atoms with Crippen molar-refractivity contribution in [1.29, 1.82) is 0 Å². The van der Waals surface area contributed by atoms with Crippen LogP contribution in [0.15, 0.2) is 24.3 Å². The number of rotatable bonds is 5. The second kappa shape index (κ2) is 9.13. The van der Waals surface area contributed by atoms with E-state index in [2.05, 4.69) is 15.4 Å². The first-order valence-electron chi connectivity index (χ1n) is 9.87. The van der Waals surface area contributed by atoms with Crippen LogP contribution in [0.3, 0.4) is 0 Å². The molecule has 1 heterocycles. The first-order chi connectivity index (χ1) is 13.4. The number of nitrogens with one attached hydrogen (secondary N) is 3. The zero-order valence-electron chi connectivity index (χ0n) is 17.8. The number of benzene rings is 1. The molecule has 0 atom stereocenters. The molecule has 0 radical (unpaired) electrons. The zero-order chi connectivity index (χ0) is 21.8. The van der Waals surface area contributed by atoms with Gasteiger partial charge < -0.3 is 15.5 Å². The molecule has 162 valence electrons. The fourth-order valence-electron chi connectivity index (χ4n) is 2.89. The maximum atomic E-state index is 12.5. The van der Waals surface area contributed by atoms with E-state index in [1.165, 1.54) is 0 Å². The predicted octanol–water partition coefficient (Wildman–Crippen LogP) is 2.54. The first-order valence-corrected chi connectivity index (χ1v) is 11.4. The second-order valence-electron chi connectivity index (χ2n) is 8.68. The van der Waals surface area contributed by atoms with Crippen molar-refractivity contribution in [3.05, 3.63) is 29.8 Å². The Morgan fingerprint density at radius 3 is 2.10 bits per heavy atom. The zero-order valence-corrected chi connectivity index (χ0v) is 18.6. The third kappa shape index (κ3) is 7.01.